The summed E-state index contributed by atoms with van der Waals surface area (Å²) in [5.74, 6) is -0.496. The summed E-state index contributed by atoms with van der Waals surface area (Å²) in [6.07, 6.45) is 1.82. The van der Waals surface area contributed by atoms with Crippen molar-refractivity contribution >= 4 is 33.8 Å². The van der Waals surface area contributed by atoms with Crippen LogP contribution < -0.4 is 11.3 Å². The summed E-state index contributed by atoms with van der Waals surface area (Å²) in [6.45, 7) is 7.39. The van der Waals surface area contributed by atoms with Gasteiger partial charge in [-0.2, -0.15) is 0 Å². The molecule has 9 heteroatoms. The number of nitrogens with zero attached hydrogens (tertiary/aromatic N) is 4. The van der Waals surface area contributed by atoms with Crippen molar-refractivity contribution in [3.05, 3.63) is 64.6 Å². The fourth-order valence-electron chi connectivity index (χ4n) is 4.55. The number of hydrogen-bond acceptors (Lipinski definition) is 6. The van der Waals surface area contributed by atoms with E-state index >= 15 is 0 Å². The summed E-state index contributed by atoms with van der Waals surface area (Å²) >= 11 is 0. The van der Waals surface area contributed by atoms with E-state index < -0.39 is 5.97 Å². The molecule has 0 radical (unpaired) electrons. The molecule has 1 unspecified atom stereocenters. The minimum atomic E-state index is -0.499. The maximum atomic E-state index is 13.9. The van der Waals surface area contributed by atoms with Gasteiger partial charge < -0.3 is 24.5 Å². The van der Waals surface area contributed by atoms with Crippen LogP contribution in [0.4, 0.5) is 0 Å². The van der Waals surface area contributed by atoms with Gasteiger partial charge in [0.1, 0.15) is 12.2 Å². The van der Waals surface area contributed by atoms with Gasteiger partial charge in [-0.1, -0.05) is 18.2 Å². The Labute approximate surface area is 209 Å². The van der Waals surface area contributed by atoms with E-state index in [0.29, 0.717) is 35.2 Å². The molecule has 9 nitrogen and oxygen atoms in total. The minimum absolute atomic E-state index is 0.00304. The number of fused-ring (bicyclic) bond motifs is 2. The van der Waals surface area contributed by atoms with Crippen molar-refractivity contribution in [3.63, 3.8) is 0 Å². The molecule has 2 N–H and O–H groups in total. The predicted molar refractivity (Wildman–Crippen MR) is 140 cm³/mol. The number of esters is 1. The van der Waals surface area contributed by atoms with Crippen LogP contribution in [0.1, 0.15) is 37.2 Å². The van der Waals surface area contributed by atoms with Gasteiger partial charge in [-0.05, 0) is 45.0 Å². The van der Waals surface area contributed by atoms with Gasteiger partial charge in [0.15, 0.2) is 0 Å². The van der Waals surface area contributed by atoms with Crippen molar-refractivity contribution in [3.8, 4) is 11.3 Å². The van der Waals surface area contributed by atoms with Crippen LogP contribution in [-0.2, 0) is 16.1 Å². The number of carbonyl (C=O) groups is 2. The van der Waals surface area contributed by atoms with Gasteiger partial charge in [0.25, 0.3) is 5.56 Å². The van der Waals surface area contributed by atoms with E-state index in [1.54, 1.807) is 27.7 Å². The van der Waals surface area contributed by atoms with E-state index in [9.17, 15) is 14.4 Å². The smallest absolute Gasteiger partial charge is 0.337 e. The van der Waals surface area contributed by atoms with Gasteiger partial charge in [-0.3, -0.25) is 9.59 Å². The monoisotopic (exact) mass is 489 g/mol. The fourth-order valence-corrected chi connectivity index (χ4v) is 4.55. The van der Waals surface area contributed by atoms with Gasteiger partial charge in [0.05, 0.1) is 23.7 Å². The Morgan fingerprint density at radius 2 is 1.83 bits per heavy atom. The van der Waals surface area contributed by atoms with Crippen molar-refractivity contribution in [2.45, 2.75) is 33.4 Å². The van der Waals surface area contributed by atoms with Crippen molar-refractivity contribution in [2.24, 2.45) is 5.73 Å². The molecule has 0 aliphatic rings. The van der Waals surface area contributed by atoms with Crippen molar-refractivity contribution in [1.82, 2.24) is 19.0 Å². The second-order valence-corrected chi connectivity index (χ2v) is 8.67. The number of para-hydroxylation sites is 1. The number of aromatic nitrogens is 3. The molecule has 2 aromatic heterocycles. The van der Waals surface area contributed by atoms with E-state index in [-0.39, 0.29) is 36.3 Å². The van der Waals surface area contributed by atoms with Gasteiger partial charge in [0.2, 0.25) is 5.91 Å². The van der Waals surface area contributed by atoms with E-state index in [1.807, 2.05) is 55.8 Å². The number of carbonyl (C=O) groups excluding carboxylic acids is 2. The molecule has 0 saturated heterocycles. The molecule has 0 saturated carbocycles. The quantitative estimate of drug-likeness (QED) is 0.381. The lowest BCUT2D eigenvalue weighted by Crippen LogP contribution is -2.33. The highest BCUT2D eigenvalue weighted by atomic mass is 16.5. The second-order valence-electron chi connectivity index (χ2n) is 8.67. The molecule has 1 amide bonds. The topological polar surface area (TPSA) is 112 Å². The van der Waals surface area contributed by atoms with Crippen LogP contribution in [0.25, 0.3) is 33.2 Å². The first-order valence-electron chi connectivity index (χ1n) is 12.0. The molecule has 0 fully saturated rings. The zero-order chi connectivity index (χ0) is 26.0. The lowest BCUT2D eigenvalue weighted by molar-refractivity contribution is -0.131. The van der Waals surface area contributed by atoms with Gasteiger partial charge in [0, 0.05) is 48.3 Å². The Bertz CT molecular complexity index is 1500. The molecule has 2 heterocycles. The summed E-state index contributed by atoms with van der Waals surface area (Å²) in [5.41, 5.74) is 8.76. The molecule has 0 aliphatic carbocycles. The first-order valence-corrected chi connectivity index (χ1v) is 12.0. The Balaban J connectivity index is 1.95. The molecule has 4 aromatic rings. The number of ether oxygens (including phenoxy) is 1. The van der Waals surface area contributed by atoms with E-state index in [1.165, 1.54) is 7.11 Å². The molecule has 188 valence electrons. The standard InChI is InChI=1S/C27H31N5O4/c1-5-30(6-2)24(33)16-31-15-20(19-9-7-8-10-22(19)31)25-26(34)32(17(3)14-28)23-13-18(27(35)36-4)11-12-21(23)29-25/h7-13,15,17H,5-6,14,16,28H2,1-4H3. The number of benzene rings is 2. The first-order chi connectivity index (χ1) is 17.3. The SMILES string of the molecule is CCN(CC)C(=O)Cn1cc(-c2nc3ccc(C(=O)OC)cc3n(C(C)CN)c2=O)c2ccccc21. The number of nitrogens with two attached hydrogens (primary N) is 1. The third kappa shape index (κ3) is 4.37. The Morgan fingerprint density at radius 3 is 2.50 bits per heavy atom. The average Bonchev–Trinajstić information content (AvgIpc) is 3.25. The molecule has 36 heavy (non-hydrogen) atoms. The maximum absolute atomic E-state index is 13.9. The lowest BCUT2D eigenvalue weighted by atomic mass is 10.1. The van der Waals surface area contributed by atoms with Crippen LogP contribution in [0.15, 0.2) is 53.5 Å². The fraction of sp³-hybridized carbons (Fsp3) is 0.333. The average molecular weight is 490 g/mol. The summed E-state index contributed by atoms with van der Waals surface area (Å²) in [4.78, 5) is 45.3. The largest absolute Gasteiger partial charge is 0.465 e. The number of rotatable bonds is 8. The molecular weight excluding hydrogens is 458 g/mol. The number of methoxy groups -OCH3 is 1. The van der Waals surface area contributed by atoms with Gasteiger partial charge in [-0.15, -0.1) is 0 Å². The highest BCUT2D eigenvalue weighted by molar-refractivity contribution is 5.97. The van der Waals surface area contributed by atoms with Crippen LogP contribution in [0.2, 0.25) is 0 Å². The predicted octanol–water partition coefficient (Wildman–Crippen LogP) is 3.19. The zero-order valence-corrected chi connectivity index (χ0v) is 21.0. The highest BCUT2D eigenvalue weighted by Crippen LogP contribution is 2.30. The summed E-state index contributed by atoms with van der Waals surface area (Å²) in [6, 6.07) is 12.2. The first kappa shape index (κ1) is 25.1. The van der Waals surface area contributed by atoms with E-state index in [0.717, 1.165) is 10.9 Å². The molecule has 0 aliphatic heterocycles. The molecular formula is C27H31N5O4. The third-order valence-corrected chi connectivity index (χ3v) is 6.56. The van der Waals surface area contributed by atoms with Crippen LogP contribution in [0, 0.1) is 0 Å². The molecule has 2 aromatic carbocycles. The molecule has 0 bridgehead atoms. The Morgan fingerprint density at radius 1 is 1.11 bits per heavy atom. The molecule has 1 atom stereocenters. The third-order valence-electron chi connectivity index (χ3n) is 6.56. The van der Waals surface area contributed by atoms with Gasteiger partial charge in [-0.25, -0.2) is 9.78 Å². The van der Waals surface area contributed by atoms with Crippen LogP contribution >= 0.6 is 0 Å². The second kappa shape index (κ2) is 10.3. The minimum Gasteiger partial charge on any atom is -0.465 e. The zero-order valence-electron chi connectivity index (χ0n) is 21.0. The van der Waals surface area contributed by atoms with Crippen LogP contribution in [-0.4, -0.2) is 57.6 Å². The van der Waals surface area contributed by atoms with Gasteiger partial charge >= 0.3 is 5.97 Å². The Kier molecular flexibility index (Phi) is 7.21. The van der Waals surface area contributed by atoms with Crippen LogP contribution in [0.5, 0.6) is 0 Å². The number of hydrogen-bond donors (Lipinski definition) is 1. The lowest BCUT2D eigenvalue weighted by Gasteiger charge is -2.19. The summed E-state index contributed by atoms with van der Waals surface area (Å²) < 4.78 is 8.29. The Hall–Kier alpha value is -3.98. The van der Waals surface area contributed by atoms with Crippen molar-refractivity contribution < 1.29 is 14.3 Å². The molecule has 0 spiro atoms. The summed E-state index contributed by atoms with van der Waals surface area (Å²) in [5, 5.41) is 0.826. The maximum Gasteiger partial charge on any atom is 0.337 e. The van der Waals surface area contributed by atoms with E-state index in [4.69, 9.17) is 15.5 Å². The molecule has 4 rings (SSSR count). The normalized spacial score (nSPS) is 12.1. The summed E-state index contributed by atoms with van der Waals surface area (Å²) in [7, 11) is 1.31. The van der Waals surface area contributed by atoms with Crippen LogP contribution in [0.3, 0.4) is 0 Å². The van der Waals surface area contributed by atoms with Crippen molar-refractivity contribution in [1.29, 1.82) is 0 Å². The highest BCUT2D eigenvalue weighted by Gasteiger charge is 2.22. The van der Waals surface area contributed by atoms with E-state index in [2.05, 4.69) is 0 Å². The number of amides is 1. The number of likely N-dealkylation sites (N-methyl/N-ethyl adjacent to an activating group) is 1. The van der Waals surface area contributed by atoms with Crippen molar-refractivity contribution in [2.75, 3.05) is 26.7 Å².